The predicted octanol–water partition coefficient (Wildman–Crippen LogP) is 5.00. The number of thiazole rings is 1. The van der Waals surface area contributed by atoms with E-state index in [9.17, 15) is 9.59 Å². The zero-order valence-electron chi connectivity index (χ0n) is 15.3. The number of hydrogen-bond donors (Lipinski definition) is 1. The van der Waals surface area contributed by atoms with Crippen LogP contribution in [-0.2, 0) is 16.1 Å². The second-order valence-corrected chi connectivity index (χ2v) is 7.97. The molecule has 3 rings (SSSR count). The van der Waals surface area contributed by atoms with Crippen LogP contribution in [-0.4, -0.2) is 22.6 Å². The minimum absolute atomic E-state index is 0.121. The molecule has 1 amide bonds. The van der Waals surface area contributed by atoms with Crippen LogP contribution in [0.4, 0.5) is 10.5 Å². The number of hydrogen-bond acceptors (Lipinski definition) is 6. The molecule has 2 aromatic carbocycles. The van der Waals surface area contributed by atoms with Gasteiger partial charge in [0.1, 0.15) is 17.2 Å². The van der Waals surface area contributed by atoms with E-state index in [4.69, 9.17) is 9.47 Å². The Kier molecular flexibility index (Phi) is 5.41. The lowest BCUT2D eigenvalue weighted by atomic mass is 10.2. The summed E-state index contributed by atoms with van der Waals surface area (Å²) >= 11 is 1.50. The molecule has 7 heteroatoms. The summed E-state index contributed by atoms with van der Waals surface area (Å²) in [5.74, 6) is -0.446. The van der Waals surface area contributed by atoms with Crippen LogP contribution >= 0.6 is 11.3 Å². The first-order chi connectivity index (χ1) is 12.8. The number of amides is 1. The number of para-hydroxylation sites is 1. The van der Waals surface area contributed by atoms with E-state index in [2.05, 4.69) is 10.3 Å². The Bertz CT molecular complexity index is 925. The number of ether oxygens (including phenoxy) is 2. The van der Waals surface area contributed by atoms with Crippen LogP contribution in [0.15, 0.2) is 48.5 Å². The lowest BCUT2D eigenvalue weighted by Gasteiger charge is -2.19. The fourth-order valence-corrected chi connectivity index (χ4v) is 3.18. The van der Waals surface area contributed by atoms with Crippen molar-refractivity contribution in [3.05, 3.63) is 59.1 Å². The fourth-order valence-electron chi connectivity index (χ4n) is 2.30. The summed E-state index contributed by atoms with van der Waals surface area (Å²) in [6, 6.07) is 14.2. The van der Waals surface area contributed by atoms with Gasteiger partial charge in [-0.25, -0.2) is 14.6 Å². The van der Waals surface area contributed by atoms with Crippen molar-refractivity contribution in [2.75, 3.05) is 5.32 Å². The quantitative estimate of drug-likeness (QED) is 0.641. The van der Waals surface area contributed by atoms with Crippen molar-refractivity contribution in [2.24, 2.45) is 0 Å². The lowest BCUT2D eigenvalue weighted by Crippen LogP contribution is -2.27. The monoisotopic (exact) mass is 384 g/mol. The Morgan fingerprint density at radius 2 is 1.78 bits per heavy atom. The van der Waals surface area contributed by atoms with Crippen LogP contribution in [0, 0.1) is 0 Å². The normalized spacial score (nSPS) is 11.2. The van der Waals surface area contributed by atoms with Crippen molar-refractivity contribution < 1.29 is 19.1 Å². The number of carbonyl (C=O) groups excluding carboxylic acids is 2. The Hall–Kier alpha value is -2.93. The van der Waals surface area contributed by atoms with Gasteiger partial charge in [0.05, 0.1) is 15.8 Å². The molecule has 27 heavy (non-hydrogen) atoms. The van der Waals surface area contributed by atoms with E-state index >= 15 is 0 Å². The summed E-state index contributed by atoms with van der Waals surface area (Å²) in [7, 11) is 0. The molecule has 0 bridgehead atoms. The average Bonchev–Trinajstić information content (AvgIpc) is 3.01. The first-order valence-corrected chi connectivity index (χ1v) is 9.23. The molecule has 0 aliphatic carbocycles. The maximum atomic E-state index is 12.2. The fraction of sp³-hybridized carbons (Fsp3) is 0.250. The standard InChI is InChI=1S/C20H20N2O4S/c1-20(2,3)26-19(24)21-14-10-8-13(9-11-14)18(23)25-12-17-22-15-6-4-5-7-16(15)27-17/h4-11H,12H2,1-3H3,(H,21,24). The molecule has 0 aliphatic heterocycles. The molecule has 6 nitrogen and oxygen atoms in total. The van der Waals surface area contributed by atoms with Gasteiger partial charge in [0, 0.05) is 5.69 Å². The number of esters is 1. The number of aromatic nitrogens is 1. The van der Waals surface area contributed by atoms with Gasteiger partial charge in [0.25, 0.3) is 0 Å². The predicted molar refractivity (Wildman–Crippen MR) is 105 cm³/mol. The Labute approximate surface area is 161 Å². The number of carbonyl (C=O) groups is 2. The number of benzene rings is 2. The van der Waals surface area contributed by atoms with Crippen LogP contribution in [0.2, 0.25) is 0 Å². The van der Waals surface area contributed by atoms with E-state index in [0.29, 0.717) is 11.3 Å². The highest BCUT2D eigenvalue weighted by atomic mass is 32.1. The van der Waals surface area contributed by atoms with Gasteiger partial charge in [-0.15, -0.1) is 11.3 Å². The molecule has 0 unspecified atom stereocenters. The topological polar surface area (TPSA) is 77.5 Å². The van der Waals surface area contributed by atoms with Crippen molar-refractivity contribution in [1.82, 2.24) is 4.98 Å². The molecule has 0 saturated carbocycles. The van der Waals surface area contributed by atoms with Gasteiger partial charge in [-0.1, -0.05) is 12.1 Å². The van der Waals surface area contributed by atoms with Gasteiger partial charge in [0.2, 0.25) is 0 Å². The minimum Gasteiger partial charge on any atom is -0.455 e. The first-order valence-electron chi connectivity index (χ1n) is 8.42. The van der Waals surface area contributed by atoms with E-state index < -0.39 is 17.7 Å². The van der Waals surface area contributed by atoms with Crippen molar-refractivity contribution in [1.29, 1.82) is 0 Å². The van der Waals surface area contributed by atoms with Crippen molar-refractivity contribution in [2.45, 2.75) is 33.0 Å². The largest absolute Gasteiger partial charge is 0.455 e. The SMILES string of the molecule is CC(C)(C)OC(=O)Nc1ccc(C(=O)OCc2nc3ccccc3s2)cc1. The molecule has 1 N–H and O–H groups in total. The van der Waals surface area contributed by atoms with E-state index in [-0.39, 0.29) is 6.61 Å². The number of rotatable bonds is 4. The maximum absolute atomic E-state index is 12.2. The summed E-state index contributed by atoms with van der Waals surface area (Å²) < 4.78 is 11.6. The molecule has 1 aromatic heterocycles. The second kappa shape index (κ2) is 7.75. The highest BCUT2D eigenvalue weighted by Crippen LogP contribution is 2.22. The molecule has 0 aliphatic rings. The molecule has 140 valence electrons. The van der Waals surface area contributed by atoms with Gasteiger partial charge in [0.15, 0.2) is 0 Å². The minimum atomic E-state index is -0.575. The molecule has 0 atom stereocenters. The Morgan fingerprint density at radius 3 is 2.44 bits per heavy atom. The second-order valence-electron chi connectivity index (χ2n) is 6.86. The number of anilines is 1. The third-order valence-electron chi connectivity index (χ3n) is 3.43. The zero-order chi connectivity index (χ0) is 19.4. The van der Waals surface area contributed by atoms with Crippen molar-refractivity contribution >= 4 is 39.3 Å². The molecular formula is C20H20N2O4S. The third-order valence-corrected chi connectivity index (χ3v) is 4.44. The molecule has 1 heterocycles. The van der Waals surface area contributed by atoms with E-state index in [1.165, 1.54) is 11.3 Å². The summed E-state index contributed by atoms with van der Waals surface area (Å²) in [4.78, 5) is 28.4. The van der Waals surface area contributed by atoms with Crippen molar-refractivity contribution in [3.63, 3.8) is 0 Å². The molecule has 3 aromatic rings. The van der Waals surface area contributed by atoms with Crippen LogP contribution in [0.25, 0.3) is 10.2 Å². The van der Waals surface area contributed by atoms with Gasteiger partial charge < -0.3 is 9.47 Å². The smallest absolute Gasteiger partial charge is 0.412 e. The van der Waals surface area contributed by atoms with E-state index in [1.54, 1.807) is 45.0 Å². The van der Waals surface area contributed by atoms with Gasteiger partial charge >= 0.3 is 12.1 Å². The summed E-state index contributed by atoms with van der Waals surface area (Å²) in [5, 5.41) is 3.36. The Balaban J connectivity index is 1.56. The van der Waals surface area contributed by atoms with Crippen LogP contribution in [0.3, 0.4) is 0 Å². The first kappa shape index (κ1) is 18.8. The Morgan fingerprint density at radius 1 is 1.07 bits per heavy atom. The number of fused-ring (bicyclic) bond motifs is 1. The molecule has 0 spiro atoms. The number of nitrogens with one attached hydrogen (secondary N) is 1. The molecule has 0 fully saturated rings. The van der Waals surface area contributed by atoms with Crippen molar-refractivity contribution in [3.8, 4) is 0 Å². The highest BCUT2D eigenvalue weighted by Gasteiger charge is 2.16. The van der Waals surface area contributed by atoms with Crippen LogP contribution < -0.4 is 5.32 Å². The summed E-state index contributed by atoms with van der Waals surface area (Å²) in [5.41, 5.74) is 1.25. The van der Waals surface area contributed by atoms with Gasteiger partial charge in [-0.3, -0.25) is 5.32 Å². The maximum Gasteiger partial charge on any atom is 0.412 e. The van der Waals surface area contributed by atoms with Crippen LogP contribution in [0.5, 0.6) is 0 Å². The van der Waals surface area contributed by atoms with E-state index in [0.717, 1.165) is 15.2 Å². The summed E-state index contributed by atoms with van der Waals surface area (Å²) in [6.45, 7) is 5.49. The van der Waals surface area contributed by atoms with Gasteiger partial charge in [-0.2, -0.15) is 0 Å². The summed E-state index contributed by atoms with van der Waals surface area (Å²) in [6.07, 6.45) is -0.548. The molecule has 0 radical (unpaired) electrons. The number of nitrogens with zero attached hydrogens (tertiary/aromatic N) is 1. The van der Waals surface area contributed by atoms with Gasteiger partial charge in [-0.05, 0) is 57.2 Å². The van der Waals surface area contributed by atoms with E-state index in [1.807, 2.05) is 24.3 Å². The third kappa shape index (κ3) is 5.27. The lowest BCUT2D eigenvalue weighted by molar-refractivity contribution is 0.0472. The highest BCUT2D eigenvalue weighted by molar-refractivity contribution is 7.18. The molecule has 0 saturated heterocycles. The molecular weight excluding hydrogens is 364 g/mol. The average molecular weight is 384 g/mol. The zero-order valence-corrected chi connectivity index (χ0v) is 16.1. The van der Waals surface area contributed by atoms with Crippen LogP contribution in [0.1, 0.15) is 36.1 Å².